The molecule has 0 aliphatic rings. The second-order valence-corrected chi connectivity index (χ2v) is 7.71. The van der Waals surface area contributed by atoms with Crippen molar-refractivity contribution in [1.82, 2.24) is 9.13 Å². The quantitative estimate of drug-likeness (QED) is 0.565. The summed E-state index contributed by atoms with van der Waals surface area (Å²) >= 11 is 1.26. The molecule has 7 heteroatoms. The molecule has 2 aromatic carbocycles. The molecular weight excluding hydrogens is 386 g/mol. The number of hydrogen-bond donors (Lipinski definition) is 1. The van der Waals surface area contributed by atoms with Crippen molar-refractivity contribution >= 4 is 33.1 Å². The first-order valence-electron chi connectivity index (χ1n) is 9.12. The molecule has 6 nitrogen and oxygen atoms in total. The van der Waals surface area contributed by atoms with Gasteiger partial charge >= 0.3 is 5.69 Å². The first kappa shape index (κ1) is 18.9. The van der Waals surface area contributed by atoms with Crippen molar-refractivity contribution in [3.05, 3.63) is 91.9 Å². The molecule has 4 aromatic rings. The Morgan fingerprint density at radius 2 is 1.66 bits per heavy atom. The molecule has 1 amide bonds. The van der Waals surface area contributed by atoms with E-state index in [1.165, 1.54) is 15.9 Å². The van der Waals surface area contributed by atoms with E-state index in [0.717, 1.165) is 21.4 Å². The Kier molecular flexibility index (Phi) is 4.90. The van der Waals surface area contributed by atoms with Gasteiger partial charge in [0.15, 0.2) is 0 Å². The highest BCUT2D eigenvalue weighted by atomic mass is 32.1. The summed E-state index contributed by atoms with van der Waals surface area (Å²) in [7, 11) is 0. The van der Waals surface area contributed by atoms with E-state index in [2.05, 4.69) is 5.32 Å². The zero-order chi connectivity index (χ0) is 20.5. The van der Waals surface area contributed by atoms with Gasteiger partial charge in [-0.15, -0.1) is 11.3 Å². The van der Waals surface area contributed by atoms with Gasteiger partial charge in [0, 0.05) is 5.69 Å². The number of carbonyl (C=O) groups excluding carboxylic acids is 1. The van der Waals surface area contributed by atoms with Crippen molar-refractivity contribution < 1.29 is 4.79 Å². The number of amides is 1. The van der Waals surface area contributed by atoms with Crippen LogP contribution in [0.15, 0.2) is 69.6 Å². The molecule has 146 valence electrons. The number of nitrogens with one attached hydrogen (secondary N) is 1. The van der Waals surface area contributed by atoms with Gasteiger partial charge in [0.1, 0.15) is 11.2 Å². The molecule has 1 N–H and O–H groups in total. The van der Waals surface area contributed by atoms with Gasteiger partial charge in [0.2, 0.25) is 5.91 Å². The Labute approximate surface area is 170 Å². The van der Waals surface area contributed by atoms with Gasteiger partial charge in [-0.3, -0.25) is 14.2 Å². The third kappa shape index (κ3) is 3.40. The maximum atomic E-state index is 13.2. The van der Waals surface area contributed by atoms with Gasteiger partial charge in [0.25, 0.3) is 5.56 Å². The van der Waals surface area contributed by atoms with E-state index < -0.39 is 5.69 Å². The molecule has 0 atom stereocenters. The molecule has 2 aromatic heterocycles. The number of aryl methyl sites for hydroxylation is 2. The van der Waals surface area contributed by atoms with Crippen molar-refractivity contribution in [3.8, 4) is 5.69 Å². The van der Waals surface area contributed by atoms with E-state index in [1.54, 1.807) is 35.7 Å². The van der Waals surface area contributed by atoms with E-state index in [1.807, 2.05) is 38.1 Å². The van der Waals surface area contributed by atoms with Crippen molar-refractivity contribution in [2.24, 2.45) is 0 Å². The lowest BCUT2D eigenvalue weighted by molar-refractivity contribution is -0.116. The second-order valence-electron chi connectivity index (χ2n) is 6.79. The summed E-state index contributed by atoms with van der Waals surface area (Å²) < 4.78 is 2.90. The fraction of sp³-hybridized carbons (Fsp3) is 0.136. The summed E-state index contributed by atoms with van der Waals surface area (Å²) in [6.45, 7) is 3.65. The number of benzene rings is 2. The van der Waals surface area contributed by atoms with Crippen molar-refractivity contribution in [3.63, 3.8) is 0 Å². The topological polar surface area (TPSA) is 73.1 Å². The number of carbonyl (C=O) groups is 1. The molecule has 0 radical (unpaired) electrons. The highest BCUT2D eigenvalue weighted by Gasteiger charge is 2.18. The first-order valence-corrected chi connectivity index (χ1v) is 10.00. The predicted molar refractivity (Wildman–Crippen MR) is 116 cm³/mol. The van der Waals surface area contributed by atoms with Crippen LogP contribution >= 0.6 is 11.3 Å². The molecule has 0 saturated carbocycles. The van der Waals surface area contributed by atoms with Crippen molar-refractivity contribution in [2.45, 2.75) is 20.4 Å². The van der Waals surface area contributed by atoms with Crippen LogP contribution in [0.4, 0.5) is 5.69 Å². The normalized spacial score (nSPS) is 11.0. The van der Waals surface area contributed by atoms with Crippen LogP contribution in [0.2, 0.25) is 0 Å². The van der Waals surface area contributed by atoms with E-state index in [-0.39, 0.29) is 18.0 Å². The largest absolute Gasteiger partial charge is 0.336 e. The van der Waals surface area contributed by atoms with E-state index >= 15 is 0 Å². The smallest absolute Gasteiger partial charge is 0.324 e. The molecule has 0 aliphatic carbocycles. The predicted octanol–water partition coefficient (Wildman–Crippen LogP) is 3.47. The fourth-order valence-electron chi connectivity index (χ4n) is 3.38. The standard InChI is InChI=1S/C22H19N3O3S/c1-14-7-6-8-15(2)19(14)23-18(26)13-24-17-11-12-29-20(17)21(27)25(22(24)28)16-9-4-3-5-10-16/h3-12H,13H2,1-2H3,(H,23,26). The summed E-state index contributed by atoms with van der Waals surface area (Å²) in [5.41, 5.74) is 2.65. The molecule has 0 saturated heterocycles. The first-order chi connectivity index (χ1) is 14.0. The lowest BCUT2D eigenvalue weighted by Crippen LogP contribution is -2.40. The molecule has 0 unspecified atom stereocenters. The Morgan fingerprint density at radius 3 is 2.34 bits per heavy atom. The molecule has 29 heavy (non-hydrogen) atoms. The molecule has 4 rings (SSSR count). The summed E-state index contributed by atoms with van der Waals surface area (Å²) in [5.74, 6) is -0.324. The van der Waals surface area contributed by atoms with E-state index in [9.17, 15) is 14.4 Å². The lowest BCUT2D eigenvalue weighted by atomic mass is 10.1. The molecule has 2 heterocycles. The Morgan fingerprint density at radius 1 is 0.966 bits per heavy atom. The number of hydrogen-bond acceptors (Lipinski definition) is 4. The van der Waals surface area contributed by atoms with Crippen LogP contribution in [-0.4, -0.2) is 15.0 Å². The maximum Gasteiger partial charge on any atom is 0.336 e. The van der Waals surface area contributed by atoms with Crippen LogP contribution < -0.4 is 16.6 Å². The van der Waals surface area contributed by atoms with E-state index in [0.29, 0.717) is 15.9 Å². The van der Waals surface area contributed by atoms with Gasteiger partial charge in [-0.2, -0.15) is 0 Å². The fourth-order valence-corrected chi connectivity index (χ4v) is 4.20. The number of fused-ring (bicyclic) bond motifs is 1. The minimum absolute atomic E-state index is 0.188. The van der Waals surface area contributed by atoms with Gasteiger partial charge in [0.05, 0.1) is 11.2 Å². The molecule has 0 fully saturated rings. The number of rotatable bonds is 4. The number of aromatic nitrogens is 2. The second kappa shape index (κ2) is 7.52. The monoisotopic (exact) mass is 405 g/mol. The zero-order valence-electron chi connectivity index (χ0n) is 16.0. The Balaban J connectivity index is 1.80. The van der Waals surface area contributed by atoms with E-state index in [4.69, 9.17) is 0 Å². The van der Waals surface area contributed by atoms with Gasteiger partial charge < -0.3 is 5.32 Å². The molecule has 0 aliphatic heterocycles. The number of nitrogens with zero attached hydrogens (tertiary/aromatic N) is 2. The Bertz CT molecular complexity index is 1310. The van der Waals surface area contributed by atoms with Crippen LogP contribution in [0.3, 0.4) is 0 Å². The number of thiophene rings is 1. The van der Waals surface area contributed by atoms with Crippen LogP contribution in [0.1, 0.15) is 11.1 Å². The Hall–Kier alpha value is -3.45. The highest BCUT2D eigenvalue weighted by molar-refractivity contribution is 7.17. The minimum Gasteiger partial charge on any atom is -0.324 e. The average Bonchev–Trinajstić information content (AvgIpc) is 3.19. The summed E-state index contributed by atoms with van der Waals surface area (Å²) in [4.78, 5) is 38.8. The van der Waals surface area contributed by atoms with Gasteiger partial charge in [-0.25, -0.2) is 9.36 Å². The van der Waals surface area contributed by atoms with Gasteiger partial charge in [-0.05, 0) is 48.6 Å². The van der Waals surface area contributed by atoms with Crippen LogP contribution in [0.25, 0.3) is 15.9 Å². The van der Waals surface area contributed by atoms with Crippen LogP contribution in [0, 0.1) is 13.8 Å². The lowest BCUT2D eigenvalue weighted by Gasteiger charge is -2.14. The number of para-hydroxylation sites is 2. The molecule has 0 spiro atoms. The summed E-state index contributed by atoms with van der Waals surface area (Å²) in [6, 6.07) is 16.2. The highest BCUT2D eigenvalue weighted by Crippen LogP contribution is 2.20. The zero-order valence-corrected chi connectivity index (χ0v) is 16.8. The van der Waals surface area contributed by atoms with Crippen LogP contribution in [-0.2, 0) is 11.3 Å². The average molecular weight is 405 g/mol. The van der Waals surface area contributed by atoms with Gasteiger partial charge in [-0.1, -0.05) is 36.4 Å². The van der Waals surface area contributed by atoms with Crippen LogP contribution in [0.5, 0.6) is 0 Å². The minimum atomic E-state index is -0.538. The summed E-state index contributed by atoms with van der Waals surface area (Å²) in [6.07, 6.45) is 0. The SMILES string of the molecule is Cc1cccc(C)c1NC(=O)Cn1c(=O)n(-c2ccccc2)c(=O)c2sccc21. The maximum absolute atomic E-state index is 13.2. The molecule has 0 bridgehead atoms. The summed E-state index contributed by atoms with van der Waals surface area (Å²) in [5, 5.41) is 4.65. The van der Waals surface area contributed by atoms with Crippen molar-refractivity contribution in [2.75, 3.05) is 5.32 Å². The third-order valence-electron chi connectivity index (χ3n) is 4.82. The third-order valence-corrected chi connectivity index (χ3v) is 5.71. The molecular formula is C22H19N3O3S. The number of anilines is 1. The van der Waals surface area contributed by atoms with Crippen molar-refractivity contribution in [1.29, 1.82) is 0 Å².